The number of hydrogen-bond acceptors (Lipinski definition) is 3. The molecule has 0 spiro atoms. The maximum atomic E-state index is 12.4. The van der Waals surface area contributed by atoms with E-state index in [0.29, 0.717) is 22.9 Å². The van der Waals surface area contributed by atoms with Crippen LogP contribution in [0.4, 0.5) is 13.2 Å². The first-order valence-corrected chi connectivity index (χ1v) is 9.96. The number of benzene rings is 2. The van der Waals surface area contributed by atoms with E-state index in [4.69, 9.17) is 16.0 Å². The second-order valence-corrected chi connectivity index (χ2v) is 6.69. The fourth-order valence-electron chi connectivity index (χ4n) is 2.94. The smallest absolute Gasteiger partial charge is 0.453 e. The number of rotatable bonds is 4. The molecule has 8 heteroatoms. The fraction of sp³-hybridized carbons (Fsp3) is 0.174. The van der Waals surface area contributed by atoms with Crippen LogP contribution >= 0.6 is 11.6 Å². The number of aromatic nitrogens is 2. The molecule has 0 radical (unpaired) electrons. The SMILES string of the molecule is CC.Cc1[nH]c(-c2ccc(-c3ccc(OC(F)(F)F)c(Cl)c3)o2)nc1-c1ccccc1. The molecule has 4 rings (SSSR count). The molecule has 4 aromatic rings. The van der Waals surface area contributed by atoms with E-state index >= 15 is 0 Å². The standard InChI is InChI=1S/C21H14ClF3N2O2.C2H6/c1-12-19(13-5-3-2-4-6-13)27-20(26-12)18-10-9-16(28-18)14-7-8-17(15(22)11-14)29-21(23,24)25;1-2/h2-11H,1H3,(H,26,27);1-2H3. The summed E-state index contributed by atoms with van der Waals surface area (Å²) in [6.45, 7) is 5.92. The fourth-order valence-corrected chi connectivity index (χ4v) is 3.16. The van der Waals surface area contributed by atoms with E-state index < -0.39 is 12.1 Å². The minimum Gasteiger partial charge on any atom is -0.453 e. The van der Waals surface area contributed by atoms with Crippen LogP contribution < -0.4 is 4.74 Å². The summed E-state index contributed by atoms with van der Waals surface area (Å²) in [5.74, 6) is 1.02. The van der Waals surface area contributed by atoms with Gasteiger partial charge in [0.1, 0.15) is 11.5 Å². The van der Waals surface area contributed by atoms with Gasteiger partial charge in [-0.25, -0.2) is 4.98 Å². The highest BCUT2D eigenvalue weighted by Gasteiger charge is 2.32. The zero-order chi connectivity index (χ0) is 22.6. The molecule has 0 saturated carbocycles. The van der Waals surface area contributed by atoms with Gasteiger partial charge in [-0.05, 0) is 37.3 Å². The molecule has 1 N–H and O–H groups in total. The van der Waals surface area contributed by atoms with Crippen LogP contribution in [-0.4, -0.2) is 16.3 Å². The number of ether oxygens (including phenoxy) is 1. The van der Waals surface area contributed by atoms with E-state index in [9.17, 15) is 13.2 Å². The predicted molar refractivity (Wildman–Crippen MR) is 115 cm³/mol. The van der Waals surface area contributed by atoms with Crippen molar-refractivity contribution in [1.82, 2.24) is 9.97 Å². The van der Waals surface area contributed by atoms with Crippen LogP contribution in [0.1, 0.15) is 19.5 Å². The maximum Gasteiger partial charge on any atom is 0.573 e. The molecular weight excluding hydrogens is 429 g/mol. The average Bonchev–Trinajstić information content (AvgIpc) is 3.38. The molecule has 0 saturated heterocycles. The molecule has 0 unspecified atom stereocenters. The van der Waals surface area contributed by atoms with Crippen molar-refractivity contribution in [1.29, 1.82) is 0 Å². The molecule has 0 fully saturated rings. The number of aryl methyl sites for hydroxylation is 1. The van der Waals surface area contributed by atoms with Crippen molar-refractivity contribution in [3.63, 3.8) is 0 Å². The second-order valence-electron chi connectivity index (χ2n) is 6.28. The Balaban J connectivity index is 0.00000132. The summed E-state index contributed by atoms with van der Waals surface area (Å²) in [7, 11) is 0. The average molecular weight is 449 g/mol. The van der Waals surface area contributed by atoms with E-state index in [2.05, 4.69) is 14.7 Å². The van der Waals surface area contributed by atoms with Crippen molar-refractivity contribution in [3.8, 4) is 39.9 Å². The summed E-state index contributed by atoms with van der Waals surface area (Å²) in [4.78, 5) is 7.80. The minimum atomic E-state index is -4.81. The van der Waals surface area contributed by atoms with Gasteiger partial charge in [0.05, 0.1) is 10.7 Å². The van der Waals surface area contributed by atoms with Crippen molar-refractivity contribution in [2.24, 2.45) is 0 Å². The summed E-state index contributed by atoms with van der Waals surface area (Å²) in [6.07, 6.45) is -4.81. The Morgan fingerprint density at radius 1 is 0.935 bits per heavy atom. The molecule has 31 heavy (non-hydrogen) atoms. The molecule has 4 nitrogen and oxygen atoms in total. The van der Waals surface area contributed by atoms with Crippen LogP contribution in [0.5, 0.6) is 5.75 Å². The van der Waals surface area contributed by atoms with Crippen molar-refractivity contribution >= 4 is 11.6 Å². The molecule has 0 bridgehead atoms. The highest BCUT2D eigenvalue weighted by Crippen LogP contribution is 2.35. The van der Waals surface area contributed by atoms with Gasteiger partial charge >= 0.3 is 6.36 Å². The Bertz CT molecular complexity index is 1150. The third-order valence-electron chi connectivity index (χ3n) is 4.21. The molecule has 0 aliphatic rings. The molecule has 0 amide bonds. The van der Waals surface area contributed by atoms with Gasteiger partial charge < -0.3 is 14.1 Å². The van der Waals surface area contributed by atoms with Gasteiger partial charge in [-0.2, -0.15) is 0 Å². The van der Waals surface area contributed by atoms with Crippen molar-refractivity contribution in [3.05, 3.63) is 71.4 Å². The first kappa shape index (κ1) is 22.5. The lowest BCUT2D eigenvalue weighted by Gasteiger charge is -2.10. The van der Waals surface area contributed by atoms with Crippen molar-refractivity contribution in [2.75, 3.05) is 0 Å². The lowest BCUT2D eigenvalue weighted by Crippen LogP contribution is -2.17. The van der Waals surface area contributed by atoms with Gasteiger partial charge in [-0.15, -0.1) is 13.2 Å². The quantitative estimate of drug-likeness (QED) is 0.345. The maximum absolute atomic E-state index is 12.4. The summed E-state index contributed by atoms with van der Waals surface area (Å²) in [5.41, 5.74) is 3.20. The van der Waals surface area contributed by atoms with Gasteiger partial charge in [0, 0.05) is 16.8 Å². The molecule has 2 aromatic heterocycles. The largest absolute Gasteiger partial charge is 0.573 e. The van der Waals surface area contributed by atoms with Gasteiger partial charge in [-0.3, -0.25) is 0 Å². The highest BCUT2D eigenvalue weighted by molar-refractivity contribution is 6.32. The number of hydrogen-bond donors (Lipinski definition) is 1. The number of alkyl halides is 3. The Morgan fingerprint density at radius 3 is 2.26 bits per heavy atom. The number of imidazole rings is 1. The van der Waals surface area contributed by atoms with E-state index in [0.717, 1.165) is 23.0 Å². The van der Waals surface area contributed by atoms with E-state index in [1.807, 2.05) is 51.1 Å². The molecule has 162 valence electrons. The van der Waals surface area contributed by atoms with Crippen LogP contribution in [0.25, 0.3) is 34.2 Å². The summed E-state index contributed by atoms with van der Waals surface area (Å²) in [5, 5.41) is -0.169. The summed E-state index contributed by atoms with van der Waals surface area (Å²) >= 11 is 5.92. The van der Waals surface area contributed by atoms with Crippen LogP contribution in [0, 0.1) is 6.92 Å². The Kier molecular flexibility index (Phi) is 6.75. The van der Waals surface area contributed by atoms with Gasteiger partial charge in [0.15, 0.2) is 11.6 Å². The van der Waals surface area contributed by atoms with E-state index in [1.165, 1.54) is 12.1 Å². The third kappa shape index (κ3) is 5.30. The summed E-state index contributed by atoms with van der Waals surface area (Å²) in [6, 6.07) is 17.1. The zero-order valence-electron chi connectivity index (χ0n) is 17.0. The van der Waals surface area contributed by atoms with Crippen molar-refractivity contribution < 1.29 is 22.3 Å². The van der Waals surface area contributed by atoms with Crippen molar-refractivity contribution in [2.45, 2.75) is 27.1 Å². The highest BCUT2D eigenvalue weighted by atomic mass is 35.5. The van der Waals surface area contributed by atoms with E-state index in [-0.39, 0.29) is 5.02 Å². The molecule has 0 atom stereocenters. The Morgan fingerprint density at radius 2 is 1.61 bits per heavy atom. The van der Waals surface area contributed by atoms with Gasteiger partial charge in [-0.1, -0.05) is 55.8 Å². The molecule has 0 aliphatic heterocycles. The van der Waals surface area contributed by atoms with Gasteiger partial charge in [0.2, 0.25) is 0 Å². The molecule has 2 heterocycles. The number of halogens is 4. The second kappa shape index (κ2) is 9.31. The Labute approximate surface area is 182 Å². The number of furan rings is 1. The zero-order valence-corrected chi connectivity index (χ0v) is 17.8. The predicted octanol–water partition coefficient (Wildman–Crippen LogP) is 7.89. The summed E-state index contributed by atoms with van der Waals surface area (Å²) < 4.78 is 46.9. The number of nitrogens with one attached hydrogen (secondary N) is 1. The molecule has 2 aromatic carbocycles. The number of nitrogens with zero attached hydrogens (tertiary/aromatic N) is 1. The third-order valence-corrected chi connectivity index (χ3v) is 4.51. The number of H-pyrrole nitrogens is 1. The molecule has 0 aliphatic carbocycles. The van der Waals surface area contributed by atoms with Crippen LogP contribution in [0.2, 0.25) is 5.02 Å². The topological polar surface area (TPSA) is 51.0 Å². The first-order valence-electron chi connectivity index (χ1n) is 9.58. The van der Waals surface area contributed by atoms with Crippen LogP contribution in [0.15, 0.2) is 65.1 Å². The molecular formula is C23H20ClF3N2O2. The monoisotopic (exact) mass is 448 g/mol. The Hall–Kier alpha value is -3.19. The van der Waals surface area contributed by atoms with Crippen LogP contribution in [-0.2, 0) is 0 Å². The normalized spacial score (nSPS) is 11.1. The lowest BCUT2D eigenvalue weighted by atomic mass is 10.1. The minimum absolute atomic E-state index is 0.169. The number of aromatic amines is 1. The lowest BCUT2D eigenvalue weighted by molar-refractivity contribution is -0.274. The van der Waals surface area contributed by atoms with Gasteiger partial charge in [0.25, 0.3) is 0 Å². The first-order chi connectivity index (χ1) is 14.8. The van der Waals surface area contributed by atoms with E-state index in [1.54, 1.807) is 12.1 Å². The van der Waals surface area contributed by atoms with Crippen LogP contribution in [0.3, 0.4) is 0 Å².